The fourth-order valence-electron chi connectivity index (χ4n) is 1.94. The van der Waals surface area contributed by atoms with Gasteiger partial charge in [0.25, 0.3) is 0 Å². The Balaban J connectivity index is 2.18. The summed E-state index contributed by atoms with van der Waals surface area (Å²) in [4.78, 5) is 8.41. The maximum absolute atomic E-state index is 6.16. The lowest BCUT2D eigenvalue weighted by Gasteiger charge is -2.09. The van der Waals surface area contributed by atoms with E-state index >= 15 is 0 Å². The molecule has 1 aromatic carbocycles. The summed E-state index contributed by atoms with van der Waals surface area (Å²) in [7, 11) is 0. The lowest BCUT2D eigenvalue weighted by atomic mass is 10.2. The number of aromatic nitrogens is 4. The van der Waals surface area contributed by atoms with Crippen molar-refractivity contribution in [3.63, 3.8) is 0 Å². The Morgan fingerprint density at radius 2 is 2.05 bits per heavy atom. The molecule has 4 nitrogen and oxygen atoms in total. The summed E-state index contributed by atoms with van der Waals surface area (Å²) in [6.07, 6.45) is 5.03. The predicted molar refractivity (Wildman–Crippen MR) is 74.3 cm³/mol. The number of benzene rings is 1. The molecule has 0 fully saturated rings. The zero-order chi connectivity index (χ0) is 13.2. The quantitative estimate of drug-likeness (QED) is 0.718. The summed E-state index contributed by atoms with van der Waals surface area (Å²) in [5.41, 5.74) is 2.81. The molecule has 3 rings (SSSR count). The highest BCUT2D eigenvalue weighted by Crippen LogP contribution is 2.25. The Labute approximate surface area is 115 Å². The molecule has 0 atom stereocenters. The second-order valence-corrected chi connectivity index (χ2v) is 4.53. The third-order valence-electron chi connectivity index (χ3n) is 2.93. The van der Waals surface area contributed by atoms with Crippen LogP contribution in [0.15, 0.2) is 49.1 Å². The minimum absolute atomic E-state index is 0.713. The van der Waals surface area contributed by atoms with Gasteiger partial charge in [-0.3, -0.25) is 4.98 Å². The molecule has 0 radical (unpaired) electrons. The van der Waals surface area contributed by atoms with E-state index in [0.29, 0.717) is 5.02 Å². The third-order valence-corrected chi connectivity index (χ3v) is 3.34. The van der Waals surface area contributed by atoms with Crippen LogP contribution in [-0.2, 0) is 0 Å². The van der Waals surface area contributed by atoms with Crippen molar-refractivity contribution in [2.75, 3.05) is 0 Å². The Hall–Kier alpha value is -2.20. The highest BCUT2D eigenvalue weighted by Gasteiger charge is 2.12. The summed E-state index contributed by atoms with van der Waals surface area (Å²) in [6, 6.07) is 9.56. The van der Waals surface area contributed by atoms with Gasteiger partial charge in [-0.25, -0.2) is 9.67 Å². The molecule has 19 heavy (non-hydrogen) atoms. The van der Waals surface area contributed by atoms with Crippen LogP contribution in [0.4, 0.5) is 0 Å². The van der Waals surface area contributed by atoms with Gasteiger partial charge in [-0.1, -0.05) is 17.7 Å². The summed E-state index contributed by atoms with van der Waals surface area (Å²) in [6.45, 7) is 1.96. The normalized spacial score (nSPS) is 10.6. The van der Waals surface area contributed by atoms with Gasteiger partial charge in [0.15, 0.2) is 5.82 Å². The molecule has 0 aliphatic carbocycles. The first-order chi connectivity index (χ1) is 9.27. The zero-order valence-electron chi connectivity index (χ0n) is 10.3. The molecule has 0 aliphatic rings. The second-order valence-electron chi connectivity index (χ2n) is 4.12. The molecule has 2 heterocycles. The van der Waals surface area contributed by atoms with E-state index in [9.17, 15) is 0 Å². The van der Waals surface area contributed by atoms with Gasteiger partial charge in [0, 0.05) is 23.0 Å². The van der Waals surface area contributed by atoms with Crippen molar-refractivity contribution < 1.29 is 0 Å². The molecular weight excluding hydrogens is 260 g/mol. The second kappa shape index (κ2) is 4.82. The van der Waals surface area contributed by atoms with Gasteiger partial charge < -0.3 is 0 Å². The molecule has 0 saturated heterocycles. The van der Waals surface area contributed by atoms with Crippen LogP contribution in [-0.4, -0.2) is 19.7 Å². The summed E-state index contributed by atoms with van der Waals surface area (Å²) < 4.78 is 1.78. The molecule has 0 spiro atoms. The lowest BCUT2D eigenvalue weighted by Crippen LogP contribution is -2.02. The highest BCUT2D eigenvalue weighted by atomic mass is 35.5. The van der Waals surface area contributed by atoms with E-state index in [1.165, 1.54) is 6.33 Å². The van der Waals surface area contributed by atoms with E-state index in [2.05, 4.69) is 15.1 Å². The first-order valence-electron chi connectivity index (χ1n) is 5.83. The van der Waals surface area contributed by atoms with Crippen LogP contribution >= 0.6 is 11.6 Å². The minimum atomic E-state index is 0.713. The van der Waals surface area contributed by atoms with Crippen LogP contribution in [0, 0.1) is 6.92 Å². The molecule has 0 bridgehead atoms. The summed E-state index contributed by atoms with van der Waals surface area (Å²) >= 11 is 6.16. The molecule has 2 aromatic heterocycles. The van der Waals surface area contributed by atoms with Gasteiger partial charge in [0.05, 0.1) is 5.69 Å². The predicted octanol–water partition coefficient (Wildman–Crippen LogP) is 3.29. The number of pyridine rings is 1. The fourth-order valence-corrected chi connectivity index (χ4v) is 2.10. The van der Waals surface area contributed by atoms with Gasteiger partial charge in [-0.05, 0) is 36.8 Å². The van der Waals surface area contributed by atoms with E-state index < -0.39 is 0 Å². The molecule has 0 aliphatic heterocycles. The maximum atomic E-state index is 6.16. The average Bonchev–Trinajstić information content (AvgIpc) is 2.92. The number of hydrogen-bond donors (Lipinski definition) is 0. The fraction of sp³-hybridized carbons (Fsp3) is 0.0714. The first-order valence-corrected chi connectivity index (χ1v) is 6.21. The number of nitrogens with zero attached hydrogens (tertiary/aromatic N) is 4. The summed E-state index contributed by atoms with van der Waals surface area (Å²) in [5.74, 6) is 0.749. The van der Waals surface area contributed by atoms with Crippen LogP contribution in [0.25, 0.3) is 17.1 Å². The largest absolute Gasteiger partial charge is 0.264 e. The average molecular weight is 271 g/mol. The zero-order valence-corrected chi connectivity index (χ0v) is 11.0. The standard InChI is InChI=1S/C14H11ClN4/c1-10-12(15)5-2-6-13(10)19-14(17-9-18-19)11-4-3-7-16-8-11/h2-9H,1H3. The molecular formula is C14H11ClN4. The van der Waals surface area contributed by atoms with Gasteiger partial charge in [-0.15, -0.1) is 0 Å². The Kier molecular flexibility index (Phi) is 3.01. The molecule has 3 aromatic rings. The van der Waals surface area contributed by atoms with Crippen LogP contribution in [0.3, 0.4) is 0 Å². The van der Waals surface area contributed by atoms with E-state index in [1.807, 2.05) is 37.3 Å². The maximum Gasteiger partial charge on any atom is 0.164 e. The van der Waals surface area contributed by atoms with Crippen LogP contribution < -0.4 is 0 Å². The Bertz CT molecular complexity index is 706. The molecule has 0 unspecified atom stereocenters. The van der Waals surface area contributed by atoms with E-state index in [1.54, 1.807) is 17.1 Å². The van der Waals surface area contributed by atoms with Crippen molar-refractivity contribution in [3.05, 3.63) is 59.6 Å². The topological polar surface area (TPSA) is 43.6 Å². The number of halogens is 1. The van der Waals surface area contributed by atoms with Crippen molar-refractivity contribution in [1.82, 2.24) is 19.7 Å². The molecule has 94 valence electrons. The van der Waals surface area contributed by atoms with Crippen LogP contribution in [0.2, 0.25) is 5.02 Å². The molecule has 0 saturated carbocycles. The van der Waals surface area contributed by atoms with Crippen molar-refractivity contribution in [3.8, 4) is 17.1 Å². The first kappa shape index (κ1) is 11.9. The number of hydrogen-bond acceptors (Lipinski definition) is 3. The lowest BCUT2D eigenvalue weighted by molar-refractivity contribution is 0.878. The Morgan fingerprint density at radius 3 is 2.84 bits per heavy atom. The van der Waals surface area contributed by atoms with Gasteiger partial charge in [0.2, 0.25) is 0 Å². The Morgan fingerprint density at radius 1 is 1.16 bits per heavy atom. The van der Waals surface area contributed by atoms with Crippen LogP contribution in [0.1, 0.15) is 5.56 Å². The van der Waals surface area contributed by atoms with E-state index in [0.717, 1.165) is 22.6 Å². The smallest absolute Gasteiger partial charge is 0.164 e. The van der Waals surface area contributed by atoms with E-state index in [-0.39, 0.29) is 0 Å². The van der Waals surface area contributed by atoms with Gasteiger partial charge in [-0.2, -0.15) is 5.10 Å². The van der Waals surface area contributed by atoms with Crippen molar-refractivity contribution in [2.45, 2.75) is 6.92 Å². The van der Waals surface area contributed by atoms with Crippen molar-refractivity contribution in [2.24, 2.45) is 0 Å². The molecule has 0 N–H and O–H groups in total. The minimum Gasteiger partial charge on any atom is -0.264 e. The van der Waals surface area contributed by atoms with Crippen LogP contribution in [0.5, 0.6) is 0 Å². The van der Waals surface area contributed by atoms with Crippen molar-refractivity contribution in [1.29, 1.82) is 0 Å². The molecule has 5 heteroatoms. The monoisotopic (exact) mass is 270 g/mol. The number of rotatable bonds is 2. The highest BCUT2D eigenvalue weighted by molar-refractivity contribution is 6.31. The van der Waals surface area contributed by atoms with E-state index in [4.69, 9.17) is 11.6 Å². The van der Waals surface area contributed by atoms with Gasteiger partial charge in [0.1, 0.15) is 6.33 Å². The van der Waals surface area contributed by atoms with Gasteiger partial charge >= 0.3 is 0 Å². The summed E-state index contributed by atoms with van der Waals surface area (Å²) in [5, 5.41) is 5.00. The molecule has 0 amide bonds. The van der Waals surface area contributed by atoms with Crippen molar-refractivity contribution >= 4 is 11.6 Å². The third kappa shape index (κ3) is 2.11. The SMILES string of the molecule is Cc1c(Cl)cccc1-n1ncnc1-c1cccnc1.